The molecular formula is C16H20N2O2. The van der Waals surface area contributed by atoms with Gasteiger partial charge in [-0.1, -0.05) is 25.5 Å². The minimum absolute atomic E-state index is 0.0693. The number of phenols is 1. The van der Waals surface area contributed by atoms with E-state index in [2.05, 4.69) is 31.3 Å². The number of nitrogens with zero attached hydrogens (tertiary/aromatic N) is 1. The van der Waals surface area contributed by atoms with Gasteiger partial charge in [-0.2, -0.15) is 5.10 Å². The van der Waals surface area contributed by atoms with Crippen LogP contribution in [0.15, 0.2) is 41.0 Å². The third kappa shape index (κ3) is 3.70. The van der Waals surface area contributed by atoms with Crippen LogP contribution in [0.4, 0.5) is 0 Å². The number of phenolic OH excluding ortho intramolecular Hbond substituents is 1. The minimum atomic E-state index is -0.317. The summed E-state index contributed by atoms with van der Waals surface area (Å²) < 4.78 is 0. The molecule has 1 aromatic rings. The Morgan fingerprint density at radius 2 is 2.10 bits per heavy atom. The topological polar surface area (TPSA) is 61.7 Å². The van der Waals surface area contributed by atoms with E-state index in [-0.39, 0.29) is 17.1 Å². The molecular weight excluding hydrogens is 252 g/mol. The molecule has 1 aromatic carbocycles. The third-order valence-electron chi connectivity index (χ3n) is 3.24. The van der Waals surface area contributed by atoms with Crippen LogP contribution in [0.2, 0.25) is 0 Å². The summed E-state index contributed by atoms with van der Waals surface area (Å²) in [5.74, 6) is -0.248. The van der Waals surface area contributed by atoms with Crippen LogP contribution in [0.3, 0.4) is 0 Å². The maximum absolute atomic E-state index is 11.9. The molecule has 20 heavy (non-hydrogen) atoms. The number of hydrogen-bond acceptors (Lipinski definition) is 3. The summed E-state index contributed by atoms with van der Waals surface area (Å²) in [5, 5.41) is 13.6. The lowest BCUT2D eigenvalue weighted by Gasteiger charge is -2.29. The zero-order chi connectivity index (χ0) is 14.8. The number of nitrogens with one attached hydrogen (secondary N) is 1. The Bertz CT molecular complexity index is 586. The molecule has 0 aliphatic heterocycles. The van der Waals surface area contributed by atoms with Crippen LogP contribution in [-0.2, 0) is 0 Å². The fraction of sp³-hybridized carbons (Fsp3) is 0.375. The first kappa shape index (κ1) is 14.3. The average Bonchev–Trinajstić information content (AvgIpc) is 2.33. The highest BCUT2D eigenvalue weighted by atomic mass is 16.3. The van der Waals surface area contributed by atoms with Gasteiger partial charge in [0.05, 0.1) is 5.71 Å². The van der Waals surface area contributed by atoms with E-state index < -0.39 is 0 Å². The molecule has 0 saturated heterocycles. The number of hydrogen-bond donors (Lipinski definition) is 2. The molecule has 106 valence electrons. The van der Waals surface area contributed by atoms with Crippen molar-refractivity contribution in [1.29, 1.82) is 0 Å². The first-order valence-corrected chi connectivity index (χ1v) is 6.69. The molecule has 2 rings (SSSR count). The van der Waals surface area contributed by atoms with Crippen molar-refractivity contribution in [2.24, 2.45) is 10.5 Å². The molecule has 1 aliphatic rings. The van der Waals surface area contributed by atoms with Gasteiger partial charge in [0.25, 0.3) is 5.91 Å². The van der Waals surface area contributed by atoms with E-state index in [4.69, 9.17) is 0 Å². The highest BCUT2D eigenvalue weighted by Crippen LogP contribution is 2.33. The predicted octanol–water partition coefficient (Wildman–Crippen LogP) is 3.24. The maximum atomic E-state index is 11.9. The first-order chi connectivity index (χ1) is 9.35. The van der Waals surface area contributed by atoms with Crippen LogP contribution in [0, 0.1) is 5.41 Å². The van der Waals surface area contributed by atoms with Crippen molar-refractivity contribution in [2.75, 3.05) is 0 Å². The van der Waals surface area contributed by atoms with Crippen LogP contribution in [0.1, 0.15) is 44.0 Å². The fourth-order valence-corrected chi connectivity index (χ4v) is 2.60. The molecule has 0 heterocycles. The van der Waals surface area contributed by atoms with Gasteiger partial charge in [0.2, 0.25) is 0 Å². The van der Waals surface area contributed by atoms with Gasteiger partial charge in [0.1, 0.15) is 5.75 Å². The second kappa shape index (κ2) is 5.49. The van der Waals surface area contributed by atoms with Crippen molar-refractivity contribution in [1.82, 2.24) is 5.43 Å². The molecule has 0 unspecified atom stereocenters. The third-order valence-corrected chi connectivity index (χ3v) is 3.24. The SMILES string of the molecule is CC1=CC(=NNC(=O)c2cccc(O)c2)CC(C)(C)C1. The van der Waals surface area contributed by atoms with Crippen LogP contribution in [0.5, 0.6) is 5.75 Å². The van der Waals surface area contributed by atoms with Gasteiger partial charge in [0.15, 0.2) is 0 Å². The van der Waals surface area contributed by atoms with Gasteiger partial charge in [-0.05, 0) is 49.5 Å². The highest BCUT2D eigenvalue weighted by Gasteiger charge is 2.24. The Labute approximate surface area is 119 Å². The van der Waals surface area contributed by atoms with E-state index >= 15 is 0 Å². The van der Waals surface area contributed by atoms with Crippen molar-refractivity contribution in [3.8, 4) is 5.75 Å². The minimum Gasteiger partial charge on any atom is -0.508 e. The summed E-state index contributed by atoms with van der Waals surface area (Å²) in [6.45, 7) is 6.46. The smallest absolute Gasteiger partial charge is 0.271 e. The van der Waals surface area contributed by atoms with Crippen molar-refractivity contribution >= 4 is 11.6 Å². The molecule has 0 atom stereocenters. The molecule has 0 saturated carbocycles. The van der Waals surface area contributed by atoms with Crippen LogP contribution >= 0.6 is 0 Å². The molecule has 0 bridgehead atoms. The number of amides is 1. The molecule has 2 N–H and O–H groups in total. The summed E-state index contributed by atoms with van der Waals surface area (Å²) in [4.78, 5) is 11.9. The standard InChI is InChI=1S/C16H20N2O2/c1-11-7-13(10-16(2,3)9-11)17-18-15(20)12-5-4-6-14(19)8-12/h4-8,19H,9-10H2,1-3H3,(H,18,20). The van der Waals surface area contributed by atoms with Gasteiger partial charge in [-0.25, -0.2) is 5.43 Å². The van der Waals surface area contributed by atoms with Gasteiger partial charge in [-0.15, -0.1) is 0 Å². The lowest BCUT2D eigenvalue weighted by atomic mass is 9.77. The maximum Gasteiger partial charge on any atom is 0.271 e. The zero-order valence-corrected chi connectivity index (χ0v) is 12.1. The Morgan fingerprint density at radius 1 is 1.35 bits per heavy atom. The van der Waals surface area contributed by atoms with Crippen LogP contribution in [0.25, 0.3) is 0 Å². The van der Waals surface area contributed by atoms with Gasteiger partial charge in [0, 0.05) is 5.56 Å². The van der Waals surface area contributed by atoms with E-state index in [0.29, 0.717) is 5.56 Å². The molecule has 1 aliphatic carbocycles. The normalized spacial score (nSPS) is 19.6. The molecule has 4 heteroatoms. The van der Waals surface area contributed by atoms with Crippen molar-refractivity contribution in [3.63, 3.8) is 0 Å². The highest BCUT2D eigenvalue weighted by molar-refractivity contribution is 5.99. The lowest BCUT2D eigenvalue weighted by Crippen LogP contribution is -2.25. The monoisotopic (exact) mass is 272 g/mol. The molecule has 0 aromatic heterocycles. The Hall–Kier alpha value is -2.10. The van der Waals surface area contributed by atoms with E-state index in [1.54, 1.807) is 12.1 Å². The number of benzene rings is 1. The van der Waals surface area contributed by atoms with Gasteiger partial charge >= 0.3 is 0 Å². The average molecular weight is 272 g/mol. The van der Waals surface area contributed by atoms with Crippen LogP contribution < -0.4 is 5.43 Å². The summed E-state index contributed by atoms with van der Waals surface area (Å²) >= 11 is 0. The van der Waals surface area contributed by atoms with Crippen LogP contribution in [-0.4, -0.2) is 16.7 Å². The summed E-state index contributed by atoms with van der Waals surface area (Å²) in [5.41, 5.74) is 5.27. The van der Waals surface area contributed by atoms with E-state index in [0.717, 1.165) is 18.6 Å². The zero-order valence-electron chi connectivity index (χ0n) is 12.1. The van der Waals surface area contributed by atoms with Crippen molar-refractivity contribution < 1.29 is 9.90 Å². The molecule has 1 amide bonds. The summed E-state index contributed by atoms with van der Waals surface area (Å²) in [7, 11) is 0. The van der Waals surface area contributed by atoms with Gasteiger partial charge < -0.3 is 5.11 Å². The number of allylic oxidation sites excluding steroid dienone is 2. The van der Waals surface area contributed by atoms with Crippen molar-refractivity contribution in [3.05, 3.63) is 41.5 Å². The number of carbonyl (C=O) groups is 1. The summed E-state index contributed by atoms with van der Waals surface area (Å²) in [6, 6.07) is 6.21. The Balaban J connectivity index is 2.09. The van der Waals surface area contributed by atoms with Gasteiger partial charge in [-0.3, -0.25) is 4.79 Å². The van der Waals surface area contributed by atoms with Crippen molar-refractivity contribution in [2.45, 2.75) is 33.6 Å². The second-order valence-electron chi connectivity index (χ2n) is 6.10. The predicted molar refractivity (Wildman–Crippen MR) is 79.8 cm³/mol. The largest absolute Gasteiger partial charge is 0.508 e. The van der Waals surface area contributed by atoms with E-state index in [9.17, 15) is 9.90 Å². The Morgan fingerprint density at radius 3 is 2.75 bits per heavy atom. The number of aromatic hydroxyl groups is 1. The number of rotatable bonds is 2. The molecule has 4 nitrogen and oxygen atoms in total. The number of hydrazone groups is 1. The fourth-order valence-electron chi connectivity index (χ4n) is 2.60. The molecule has 0 spiro atoms. The first-order valence-electron chi connectivity index (χ1n) is 6.69. The number of carbonyl (C=O) groups excluding carboxylic acids is 1. The Kier molecular flexibility index (Phi) is 3.93. The summed E-state index contributed by atoms with van der Waals surface area (Å²) in [6.07, 6.45) is 3.91. The lowest BCUT2D eigenvalue weighted by molar-refractivity contribution is 0.0954. The van der Waals surface area contributed by atoms with E-state index in [1.807, 2.05) is 6.08 Å². The second-order valence-corrected chi connectivity index (χ2v) is 6.10. The quantitative estimate of drug-likeness (QED) is 0.812. The molecule has 0 fully saturated rings. The molecule has 0 radical (unpaired) electrons. The van der Waals surface area contributed by atoms with E-state index in [1.165, 1.54) is 17.7 Å².